The molecule has 0 aromatic heterocycles. The van der Waals surface area contributed by atoms with Gasteiger partial charge in [-0.25, -0.2) is 9.59 Å². The van der Waals surface area contributed by atoms with E-state index in [2.05, 4.69) is 37.2 Å². The summed E-state index contributed by atoms with van der Waals surface area (Å²) in [5.41, 5.74) is -0.0728. The zero-order valence-electron chi connectivity index (χ0n) is 17.3. The number of fused-ring (bicyclic) bond motifs is 1. The van der Waals surface area contributed by atoms with E-state index in [-0.39, 0.29) is 5.75 Å². The van der Waals surface area contributed by atoms with Gasteiger partial charge in [-0.15, -0.1) is 0 Å². The van der Waals surface area contributed by atoms with Crippen molar-refractivity contribution in [3.63, 3.8) is 0 Å². The van der Waals surface area contributed by atoms with Crippen LogP contribution < -0.4 is 5.32 Å². The monoisotopic (exact) mass is 561 g/mol. The minimum atomic E-state index is -1.13. The number of aromatic hydroxyl groups is 1. The first-order valence-corrected chi connectivity index (χ1v) is 11.2. The summed E-state index contributed by atoms with van der Waals surface area (Å²) in [6.45, 7) is 3.44. The minimum absolute atomic E-state index is 0.104. The number of rotatable bonds is 6. The molecule has 0 heterocycles. The molecule has 0 unspecified atom stereocenters. The van der Waals surface area contributed by atoms with Crippen LogP contribution in [0.5, 0.6) is 5.75 Å². The summed E-state index contributed by atoms with van der Waals surface area (Å²) in [7, 11) is 0. The van der Waals surface area contributed by atoms with Crippen LogP contribution in [0.1, 0.15) is 25.5 Å². The lowest BCUT2D eigenvalue weighted by molar-refractivity contribution is -0.131. The van der Waals surface area contributed by atoms with Gasteiger partial charge in [-0.05, 0) is 39.5 Å². The molecule has 0 fully saturated rings. The van der Waals surface area contributed by atoms with E-state index in [9.17, 15) is 14.7 Å². The summed E-state index contributed by atoms with van der Waals surface area (Å²) < 4.78 is 6.84. The number of phenols is 1. The van der Waals surface area contributed by atoms with Crippen molar-refractivity contribution in [1.82, 2.24) is 0 Å². The number of halogens is 2. The van der Waals surface area contributed by atoms with E-state index in [1.165, 1.54) is 6.08 Å². The van der Waals surface area contributed by atoms with Crippen molar-refractivity contribution in [2.24, 2.45) is 5.41 Å². The predicted molar refractivity (Wildman–Crippen MR) is 131 cm³/mol. The van der Waals surface area contributed by atoms with E-state index in [1.54, 1.807) is 32.0 Å². The average molecular weight is 563 g/mol. The number of aliphatic carboxylic acids is 1. The largest absolute Gasteiger partial charge is 0.506 e. The molecule has 0 bridgehead atoms. The van der Waals surface area contributed by atoms with Crippen molar-refractivity contribution in [1.29, 1.82) is 0 Å². The van der Waals surface area contributed by atoms with Crippen LogP contribution in [0.2, 0.25) is 0 Å². The van der Waals surface area contributed by atoms with Crippen LogP contribution in [0.3, 0.4) is 0 Å². The fourth-order valence-corrected chi connectivity index (χ4v) is 4.61. The molecule has 0 aliphatic carbocycles. The number of ether oxygens (including phenoxy) is 1. The third-order valence-electron chi connectivity index (χ3n) is 4.92. The smallest absolute Gasteiger partial charge is 0.412 e. The van der Waals surface area contributed by atoms with Gasteiger partial charge < -0.3 is 14.9 Å². The first-order valence-electron chi connectivity index (χ1n) is 9.64. The highest BCUT2D eigenvalue weighted by Gasteiger charge is 2.35. The lowest BCUT2D eigenvalue weighted by Gasteiger charge is -2.32. The number of hydrogen-bond donors (Lipinski definition) is 3. The third kappa shape index (κ3) is 5.49. The molecule has 3 rings (SSSR count). The van der Waals surface area contributed by atoms with E-state index < -0.39 is 23.6 Å². The van der Waals surface area contributed by atoms with Gasteiger partial charge in [-0.1, -0.05) is 72.3 Å². The molecule has 166 valence electrons. The van der Waals surface area contributed by atoms with E-state index in [4.69, 9.17) is 9.84 Å². The Balaban J connectivity index is 1.98. The Morgan fingerprint density at radius 1 is 1.09 bits per heavy atom. The maximum Gasteiger partial charge on any atom is 0.412 e. The Labute approximate surface area is 202 Å². The first kappa shape index (κ1) is 23.8. The minimum Gasteiger partial charge on any atom is -0.506 e. The zero-order valence-corrected chi connectivity index (χ0v) is 20.5. The molecule has 32 heavy (non-hydrogen) atoms. The average Bonchev–Trinajstić information content (AvgIpc) is 2.73. The fourth-order valence-electron chi connectivity index (χ4n) is 3.36. The number of carboxylic acids is 1. The topological polar surface area (TPSA) is 95.9 Å². The number of benzene rings is 3. The number of nitrogens with one attached hydrogen (secondary N) is 1. The number of anilines is 1. The number of carboxylic acid groups (broad SMARTS) is 1. The van der Waals surface area contributed by atoms with Crippen molar-refractivity contribution in [2.45, 2.75) is 20.0 Å². The Hall–Kier alpha value is -2.84. The van der Waals surface area contributed by atoms with Gasteiger partial charge in [0.2, 0.25) is 0 Å². The number of phenolic OH excluding ortho intramolecular Hbond substituents is 1. The van der Waals surface area contributed by atoms with E-state index >= 15 is 0 Å². The molecule has 0 saturated heterocycles. The van der Waals surface area contributed by atoms with Crippen LogP contribution in [0.25, 0.3) is 10.8 Å². The fraction of sp³-hybridized carbons (Fsp3) is 0.167. The summed E-state index contributed by atoms with van der Waals surface area (Å²) in [5.74, 6) is -1.23. The first-order chi connectivity index (χ1) is 15.1. The van der Waals surface area contributed by atoms with Crippen LogP contribution in [0.15, 0.2) is 75.7 Å². The van der Waals surface area contributed by atoms with Crippen LogP contribution >= 0.6 is 31.9 Å². The van der Waals surface area contributed by atoms with Gasteiger partial charge in [-0.2, -0.15) is 0 Å². The maximum absolute atomic E-state index is 12.9. The molecule has 1 atom stereocenters. The molecule has 0 aliphatic heterocycles. The maximum atomic E-state index is 12.9. The van der Waals surface area contributed by atoms with Crippen molar-refractivity contribution in [2.75, 3.05) is 5.32 Å². The standard InChI is InChI=1S/C24H21Br2NO5/c1-24(2,11-10-20(28)29)22(17-12-15(25)13-18(26)21(17)30)32-23(31)27-19-9-5-7-14-6-3-4-8-16(14)19/h3-13,22,30H,1-2H3,(H,27,31)(H,28,29)/b11-10+/t22-/m1/s1. The number of amides is 1. The van der Waals surface area contributed by atoms with Crippen molar-refractivity contribution in [3.05, 3.63) is 81.3 Å². The molecule has 0 saturated carbocycles. The van der Waals surface area contributed by atoms with Gasteiger partial charge in [0.1, 0.15) is 11.9 Å². The van der Waals surface area contributed by atoms with E-state index in [0.717, 1.165) is 16.8 Å². The van der Waals surface area contributed by atoms with Crippen molar-refractivity contribution in [3.8, 4) is 5.75 Å². The van der Waals surface area contributed by atoms with Crippen LogP contribution in [-0.4, -0.2) is 22.3 Å². The SMILES string of the molecule is CC(C)(/C=C/C(=O)O)[C@H](OC(=O)Nc1cccc2ccccc12)c1cc(Br)cc(Br)c1O. The second-order valence-corrected chi connectivity index (χ2v) is 9.53. The second kappa shape index (κ2) is 9.75. The number of hydrogen-bond acceptors (Lipinski definition) is 4. The van der Waals surface area contributed by atoms with Gasteiger partial charge in [-0.3, -0.25) is 5.32 Å². The Kier molecular flexibility index (Phi) is 7.26. The van der Waals surface area contributed by atoms with Gasteiger partial charge >= 0.3 is 12.1 Å². The van der Waals surface area contributed by atoms with Crippen LogP contribution in [-0.2, 0) is 9.53 Å². The zero-order chi connectivity index (χ0) is 23.5. The highest BCUT2D eigenvalue weighted by molar-refractivity contribution is 9.11. The lowest BCUT2D eigenvalue weighted by Crippen LogP contribution is -2.28. The van der Waals surface area contributed by atoms with Gasteiger partial charge in [0.05, 0.1) is 10.2 Å². The van der Waals surface area contributed by atoms with Crippen molar-refractivity contribution >= 4 is 60.4 Å². The summed E-state index contributed by atoms with van der Waals surface area (Å²) in [5, 5.41) is 24.3. The molecule has 1 amide bonds. The third-order valence-corrected chi connectivity index (χ3v) is 5.98. The molecule has 8 heteroatoms. The summed E-state index contributed by atoms with van der Waals surface area (Å²) in [6.07, 6.45) is 0.684. The quantitative estimate of drug-likeness (QED) is 0.280. The van der Waals surface area contributed by atoms with Crippen LogP contribution in [0.4, 0.5) is 10.5 Å². The molecular weight excluding hydrogens is 542 g/mol. The molecule has 0 aliphatic rings. The van der Waals surface area contributed by atoms with Crippen molar-refractivity contribution < 1.29 is 24.5 Å². The molecular formula is C24H21Br2NO5. The highest BCUT2D eigenvalue weighted by Crippen LogP contribution is 2.45. The summed E-state index contributed by atoms with van der Waals surface area (Å²) >= 11 is 6.68. The molecule has 6 nitrogen and oxygen atoms in total. The molecule has 3 aromatic rings. The van der Waals surface area contributed by atoms with Gasteiger partial charge in [0.15, 0.2) is 0 Å². The number of carbonyl (C=O) groups is 2. The summed E-state index contributed by atoms with van der Waals surface area (Å²) in [6, 6.07) is 16.4. The molecule has 0 radical (unpaired) electrons. The van der Waals surface area contributed by atoms with E-state index in [0.29, 0.717) is 20.2 Å². The Bertz CT molecular complexity index is 1200. The normalized spacial score (nSPS) is 12.6. The van der Waals surface area contributed by atoms with E-state index in [1.807, 2.05) is 36.4 Å². The Morgan fingerprint density at radius 3 is 2.50 bits per heavy atom. The number of carbonyl (C=O) groups excluding carboxylic acids is 1. The highest BCUT2D eigenvalue weighted by atomic mass is 79.9. The Morgan fingerprint density at radius 2 is 1.78 bits per heavy atom. The second-order valence-electron chi connectivity index (χ2n) is 7.76. The van der Waals surface area contributed by atoms with Gasteiger partial charge in [0, 0.05) is 26.9 Å². The van der Waals surface area contributed by atoms with Gasteiger partial charge in [0.25, 0.3) is 0 Å². The predicted octanol–water partition coefficient (Wildman–Crippen LogP) is 7.03. The van der Waals surface area contributed by atoms with Crippen LogP contribution in [0, 0.1) is 5.41 Å². The molecule has 3 N–H and O–H groups in total. The molecule has 0 spiro atoms. The summed E-state index contributed by atoms with van der Waals surface area (Å²) in [4.78, 5) is 24.0. The lowest BCUT2D eigenvalue weighted by atomic mass is 9.81. The molecule has 3 aromatic carbocycles.